The standard InChI is InChI=1S/C27H31N5OS/c28-23-8-2-1-7-22(23)27(33)29-13-16-31-14-11-20(12-15-31)18-26-30-24-9-3-4-10-25(24)32(26)19-21-6-5-17-34-21/h1-10,17,20H,11-16,18-19,28H2,(H,29,33). The number of piperidine rings is 1. The lowest BCUT2D eigenvalue weighted by atomic mass is 9.93. The number of nitrogens with two attached hydrogens (primary N) is 1. The largest absolute Gasteiger partial charge is 0.398 e. The van der Waals surface area contributed by atoms with E-state index in [1.807, 2.05) is 12.1 Å². The molecule has 2 aromatic carbocycles. The number of likely N-dealkylation sites (tertiary alicyclic amines) is 1. The third-order valence-corrected chi connectivity index (χ3v) is 7.59. The molecule has 0 unspecified atom stereocenters. The predicted molar refractivity (Wildman–Crippen MR) is 139 cm³/mol. The molecule has 3 heterocycles. The third-order valence-electron chi connectivity index (χ3n) is 6.73. The van der Waals surface area contributed by atoms with E-state index in [1.54, 1.807) is 23.5 Å². The fraction of sp³-hybridized carbons (Fsp3) is 0.333. The first-order valence-electron chi connectivity index (χ1n) is 12.0. The van der Waals surface area contributed by atoms with E-state index in [1.165, 1.54) is 16.2 Å². The lowest BCUT2D eigenvalue weighted by Crippen LogP contribution is -2.40. The second-order valence-corrected chi connectivity index (χ2v) is 10.0. The van der Waals surface area contributed by atoms with Gasteiger partial charge in [-0.15, -0.1) is 11.3 Å². The molecular formula is C27H31N5OS. The molecule has 1 aliphatic heterocycles. The molecule has 1 fully saturated rings. The number of anilines is 1. The monoisotopic (exact) mass is 473 g/mol. The Labute approximate surface area is 204 Å². The first kappa shape index (κ1) is 22.6. The third kappa shape index (κ3) is 5.16. The molecule has 0 radical (unpaired) electrons. The highest BCUT2D eigenvalue weighted by Crippen LogP contribution is 2.25. The first-order valence-corrected chi connectivity index (χ1v) is 12.9. The van der Waals surface area contributed by atoms with Crippen LogP contribution in [0.3, 0.4) is 0 Å². The number of thiophene rings is 1. The van der Waals surface area contributed by atoms with E-state index in [-0.39, 0.29) is 5.91 Å². The zero-order valence-corrected chi connectivity index (χ0v) is 20.1. The highest BCUT2D eigenvalue weighted by atomic mass is 32.1. The molecule has 34 heavy (non-hydrogen) atoms. The first-order chi connectivity index (χ1) is 16.7. The number of amides is 1. The molecule has 176 valence electrons. The van der Waals surface area contributed by atoms with Crippen LogP contribution in [0.1, 0.15) is 33.9 Å². The second kappa shape index (κ2) is 10.4. The van der Waals surface area contributed by atoms with Gasteiger partial charge in [-0.05, 0) is 67.6 Å². The Morgan fingerprint density at radius 1 is 1.06 bits per heavy atom. The Balaban J connectivity index is 1.15. The van der Waals surface area contributed by atoms with Crippen LogP contribution in [0.5, 0.6) is 0 Å². The van der Waals surface area contributed by atoms with Gasteiger partial charge in [-0.25, -0.2) is 4.98 Å². The average Bonchev–Trinajstić information content (AvgIpc) is 3.49. The SMILES string of the molecule is Nc1ccccc1C(=O)NCCN1CCC(Cc2nc3ccccc3n2Cc2cccs2)CC1. The van der Waals surface area contributed by atoms with Gasteiger partial charge in [0.1, 0.15) is 5.82 Å². The summed E-state index contributed by atoms with van der Waals surface area (Å²) < 4.78 is 2.40. The number of aromatic nitrogens is 2. The summed E-state index contributed by atoms with van der Waals surface area (Å²) in [6.45, 7) is 4.49. The fourth-order valence-electron chi connectivity index (χ4n) is 4.81. The highest BCUT2D eigenvalue weighted by molar-refractivity contribution is 7.09. The van der Waals surface area contributed by atoms with Crippen LogP contribution in [0, 0.1) is 5.92 Å². The number of imidazole rings is 1. The van der Waals surface area contributed by atoms with Crippen LogP contribution in [0.25, 0.3) is 11.0 Å². The van der Waals surface area contributed by atoms with Gasteiger partial charge in [-0.2, -0.15) is 0 Å². The van der Waals surface area contributed by atoms with Gasteiger partial charge < -0.3 is 20.5 Å². The van der Waals surface area contributed by atoms with Gasteiger partial charge in [0, 0.05) is 30.1 Å². The smallest absolute Gasteiger partial charge is 0.253 e. The van der Waals surface area contributed by atoms with Gasteiger partial charge in [-0.3, -0.25) is 4.79 Å². The number of hydrogen-bond donors (Lipinski definition) is 2. The minimum absolute atomic E-state index is 0.0994. The van der Waals surface area contributed by atoms with E-state index in [4.69, 9.17) is 10.7 Å². The van der Waals surface area contributed by atoms with Crippen LogP contribution < -0.4 is 11.1 Å². The Morgan fingerprint density at radius 2 is 1.85 bits per heavy atom. The molecular weight excluding hydrogens is 442 g/mol. The number of para-hydroxylation sites is 3. The zero-order valence-electron chi connectivity index (χ0n) is 19.3. The molecule has 0 spiro atoms. The Hall–Kier alpha value is -3.16. The molecule has 0 bridgehead atoms. The molecule has 2 aromatic heterocycles. The van der Waals surface area contributed by atoms with Crippen molar-refractivity contribution in [2.45, 2.75) is 25.8 Å². The van der Waals surface area contributed by atoms with Crippen molar-refractivity contribution in [2.75, 3.05) is 31.9 Å². The normalized spacial score (nSPS) is 15.1. The summed E-state index contributed by atoms with van der Waals surface area (Å²) in [7, 11) is 0. The van der Waals surface area contributed by atoms with Gasteiger partial charge >= 0.3 is 0 Å². The van der Waals surface area contributed by atoms with Crippen molar-refractivity contribution < 1.29 is 4.79 Å². The molecule has 0 aliphatic carbocycles. The molecule has 1 amide bonds. The van der Waals surface area contributed by atoms with Crippen molar-refractivity contribution in [1.29, 1.82) is 0 Å². The lowest BCUT2D eigenvalue weighted by molar-refractivity contribution is 0.0944. The maximum Gasteiger partial charge on any atom is 0.253 e. The summed E-state index contributed by atoms with van der Waals surface area (Å²) in [5, 5.41) is 5.15. The Morgan fingerprint density at radius 3 is 2.65 bits per heavy atom. The summed E-state index contributed by atoms with van der Waals surface area (Å²) in [6, 6.07) is 20.0. The van der Waals surface area contributed by atoms with Crippen LogP contribution >= 0.6 is 11.3 Å². The minimum atomic E-state index is -0.0994. The van der Waals surface area contributed by atoms with Crippen molar-refractivity contribution in [3.63, 3.8) is 0 Å². The second-order valence-electron chi connectivity index (χ2n) is 9.01. The van der Waals surface area contributed by atoms with Gasteiger partial charge in [0.05, 0.1) is 23.1 Å². The summed E-state index contributed by atoms with van der Waals surface area (Å²) in [5.74, 6) is 1.73. The number of benzene rings is 2. The zero-order chi connectivity index (χ0) is 23.3. The summed E-state index contributed by atoms with van der Waals surface area (Å²) in [4.78, 5) is 21.2. The molecule has 1 aliphatic rings. The van der Waals surface area contributed by atoms with Crippen LogP contribution in [-0.2, 0) is 13.0 Å². The number of fused-ring (bicyclic) bond motifs is 1. The van der Waals surface area contributed by atoms with E-state index in [2.05, 4.69) is 56.6 Å². The van der Waals surface area contributed by atoms with Gasteiger partial charge in [0.2, 0.25) is 0 Å². The van der Waals surface area contributed by atoms with E-state index >= 15 is 0 Å². The number of nitrogens with one attached hydrogen (secondary N) is 1. The van der Waals surface area contributed by atoms with Crippen LogP contribution in [0.4, 0.5) is 5.69 Å². The van der Waals surface area contributed by atoms with Crippen molar-refractivity contribution in [2.24, 2.45) is 5.92 Å². The van der Waals surface area contributed by atoms with Gasteiger partial charge in [-0.1, -0.05) is 30.3 Å². The molecule has 4 aromatic rings. The molecule has 3 N–H and O–H groups in total. The van der Waals surface area contributed by atoms with Crippen LogP contribution in [0.2, 0.25) is 0 Å². The van der Waals surface area contributed by atoms with Crippen LogP contribution in [0.15, 0.2) is 66.0 Å². The molecule has 0 saturated carbocycles. The maximum atomic E-state index is 12.4. The van der Waals surface area contributed by atoms with E-state index < -0.39 is 0 Å². The number of rotatable bonds is 8. The molecule has 1 saturated heterocycles. The predicted octanol–water partition coefficient (Wildman–Crippen LogP) is 4.41. The number of hydrogen-bond acceptors (Lipinski definition) is 5. The number of carbonyl (C=O) groups excluding carboxylic acids is 1. The molecule has 6 nitrogen and oxygen atoms in total. The van der Waals surface area contributed by atoms with E-state index in [0.717, 1.165) is 51.0 Å². The summed E-state index contributed by atoms with van der Waals surface area (Å²) >= 11 is 1.80. The van der Waals surface area contributed by atoms with Crippen molar-refractivity contribution >= 4 is 34.0 Å². The van der Waals surface area contributed by atoms with Crippen molar-refractivity contribution in [3.8, 4) is 0 Å². The minimum Gasteiger partial charge on any atom is -0.398 e. The average molecular weight is 474 g/mol. The number of carbonyl (C=O) groups is 1. The van der Waals surface area contributed by atoms with Crippen molar-refractivity contribution in [3.05, 3.63) is 82.3 Å². The lowest BCUT2D eigenvalue weighted by Gasteiger charge is -2.32. The fourth-order valence-corrected chi connectivity index (χ4v) is 5.51. The van der Waals surface area contributed by atoms with Crippen LogP contribution in [-0.4, -0.2) is 46.5 Å². The van der Waals surface area contributed by atoms with Gasteiger partial charge in [0.25, 0.3) is 5.91 Å². The Bertz CT molecular complexity index is 1240. The quantitative estimate of drug-likeness (QED) is 0.372. The Kier molecular flexibility index (Phi) is 6.92. The van der Waals surface area contributed by atoms with Gasteiger partial charge in [0.15, 0.2) is 0 Å². The topological polar surface area (TPSA) is 76.2 Å². The van der Waals surface area contributed by atoms with Crippen molar-refractivity contribution in [1.82, 2.24) is 19.8 Å². The molecule has 7 heteroatoms. The molecule has 0 atom stereocenters. The molecule has 5 rings (SSSR count). The van der Waals surface area contributed by atoms with E-state index in [9.17, 15) is 4.79 Å². The van der Waals surface area contributed by atoms with E-state index in [0.29, 0.717) is 23.7 Å². The highest BCUT2D eigenvalue weighted by Gasteiger charge is 2.22. The maximum absolute atomic E-state index is 12.4. The number of nitrogen functional groups attached to an aromatic ring is 1. The number of nitrogens with zero attached hydrogens (tertiary/aromatic N) is 3. The summed E-state index contributed by atoms with van der Waals surface area (Å²) in [5.41, 5.74) is 9.28. The summed E-state index contributed by atoms with van der Waals surface area (Å²) in [6.07, 6.45) is 3.32.